The smallest absolute Gasteiger partial charge is 0.160 e. The molecule has 0 atom stereocenters. The largest absolute Gasteiger partial charge is 0.309 e. The fourth-order valence-corrected chi connectivity index (χ4v) is 10.6. The van der Waals surface area contributed by atoms with Gasteiger partial charge in [-0.2, -0.15) is 0 Å². The topological polar surface area (TPSA) is 35.6 Å². The zero-order valence-corrected chi connectivity index (χ0v) is 30.5. The van der Waals surface area contributed by atoms with Crippen LogP contribution >= 0.6 is 11.3 Å². The molecule has 4 aromatic heterocycles. The number of thiophene rings is 1. The van der Waals surface area contributed by atoms with Crippen LogP contribution in [0.1, 0.15) is 25.0 Å². The van der Waals surface area contributed by atoms with Gasteiger partial charge in [0, 0.05) is 53.9 Å². The van der Waals surface area contributed by atoms with Crippen LogP contribution in [0.25, 0.3) is 97.9 Å². The van der Waals surface area contributed by atoms with Crippen molar-refractivity contribution in [2.24, 2.45) is 0 Å². The van der Waals surface area contributed by atoms with Crippen molar-refractivity contribution in [1.29, 1.82) is 0 Å². The summed E-state index contributed by atoms with van der Waals surface area (Å²) in [4.78, 5) is 10.8. The van der Waals surface area contributed by atoms with E-state index in [9.17, 15) is 0 Å². The SMILES string of the molecule is CC1(C)c2c(-c3nc(-c4cccc(-n5c6ccccc6c6ccccc65)c4)nc4ccccc34)cccc2-n2c3c1cccc3c1sc3ccccc3c12. The zero-order valence-electron chi connectivity index (χ0n) is 29.7. The van der Waals surface area contributed by atoms with E-state index in [0.29, 0.717) is 5.82 Å². The molecule has 0 saturated carbocycles. The fraction of sp³-hybridized carbons (Fsp3) is 0.0612. The molecule has 254 valence electrons. The molecule has 0 fully saturated rings. The van der Waals surface area contributed by atoms with Gasteiger partial charge in [-0.3, -0.25) is 0 Å². The van der Waals surface area contributed by atoms with Crippen molar-refractivity contribution < 1.29 is 0 Å². The molecule has 4 nitrogen and oxygen atoms in total. The molecular weight excluding hydrogens is 677 g/mol. The third kappa shape index (κ3) is 3.91. The lowest BCUT2D eigenvalue weighted by atomic mass is 9.72. The Hall–Kier alpha value is -6.56. The van der Waals surface area contributed by atoms with Crippen molar-refractivity contribution in [3.63, 3.8) is 0 Å². The van der Waals surface area contributed by atoms with Gasteiger partial charge in [0.05, 0.1) is 43.7 Å². The first-order chi connectivity index (χ1) is 26.6. The Morgan fingerprint density at radius 2 is 1.20 bits per heavy atom. The van der Waals surface area contributed by atoms with Crippen LogP contribution in [0, 0.1) is 0 Å². The summed E-state index contributed by atoms with van der Waals surface area (Å²) in [7, 11) is 0. The summed E-state index contributed by atoms with van der Waals surface area (Å²) in [5.41, 5.74) is 13.6. The lowest BCUT2D eigenvalue weighted by Gasteiger charge is -2.36. The molecule has 0 aliphatic carbocycles. The lowest BCUT2D eigenvalue weighted by Crippen LogP contribution is -2.27. The van der Waals surface area contributed by atoms with Crippen molar-refractivity contribution in [3.05, 3.63) is 169 Å². The molecule has 0 bridgehead atoms. The molecule has 1 aliphatic heterocycles. The Labute approximate surface area is 315 Å². The quantitative estimate of drug-likeness (QED) is 0.183. The molecule has 5 heteroatoms. The summed E-state index contributed by atoms with van der Waals surface area (Å²) in [6.07, 6.45) is 0. The monoisotopic (exact) mass is 708 g/mol. The summed E-state index contributed by atoms with van der Waals surface area (Å²) >= 11 is 1.90. The van der Waals surface area contributed by atoms with Gasteiger partial charge in [0.2, 0.25) is 0 Å². The molecule has 0 radical (unpaired) electrons. The second-order valence-electron chi connectivity index (χ2n) is 15.0. The Morgan fingerprint density at radius 3 is 2.02 bits per heavy atom. The van der Waals surface area contributed by atoms with Gasteiger partial charge >= 0.3 is 0 Å². The molecule has 11 aromatic rings. The second-order valence-corrected chi connectivity index (χ2v) is 16.0. The summed E-state index contributed by atoms with van der Waals surface area (Å²) in [6, 6.07) is 56.9. The van der Waals surface area contributed by atoms with Crippen LogP contribution in [-0.2, 0) is 5.41 Å². The van der Waals surface area contributed by atoms with Gasteiger partial charge in [0.1, 0.15) is 0 Å². The molecule has 0 spiro atoms. The van der Waals surface area contributed by atoms with Crippen molar-refractivity contribution in [2.75, 3.05) is 0 Å². The van der Waals surface area contributed by atoms with Crippen LogP contribution in [0.2, 0.25) is 0 Å². The summed E-state index contributed by atoms with van der Waals surface area (Å²) in [5, 5.41) is 6.16. The summed E-state index contributed by atoms with van der Waals surface area (Å²) < 4.78 is 7.56. The highest BCUT2D eigenvalue weighted by Crippen LogP contribution is 2.53. The number of hydrogen-bond donors (Lipinski definition) is 0. The lowest BCUT2D eigenvalue weighted by molar-refractivity contribution is 0.632. The highest BCUT2D eigenvalue weighted by molar-refractivity contribution is 7.26. The van der Waals surface area contributed by atoms with E-state index in [1.165, 1.54) is 69.8 Å². The molecule has 0 amide bonds. The molecule has 5 heterocycles. The van der Waals surface area contributed by atoms with E-state index in [1.807, 2.05) is 11.3 Å². The number of aromatic nitrogens is 4. The zero-order chi connectivity index (χ0) is 35.7. The van der Waals surface area contributed by atoms with E-state index in [2.05, 4.69) is 181 Å². The van der Waals surface area contributed by atoms with Gasteiger partial charge < -0.3 is 9.13 Å². The molecule has 7 aromatic carbocycles. The first-order valence-corrected chi connectivity index (χ1v) is 19.3. The Balaban J connectivity index is 1.12. The second kappa shape index (κ2) is 10.8. The molecule has 1 aliphatic rings. The third-order valence-corrected chi connectivity index (χ3v) is 12.9. The number of benzene rings is 7. The number of fused-ring (bicyclic) bond motifs is 11. The van der Waals surface area contributed by atoms with Crippen molar-refractivity contribution in [1.82, 2.24) is 19.1 Å². The average Bonchev–Trinajstić information content (AvgIpc) is 3.87. The van der Waals surface area contributed by atoms with E-state index >= 15 is 0 Å². The van der Waals surface area contributed by atoms with Crippen LogP contribution in [0.3, 0.4) is 0 Å². The maximum absolute atomic E-state index is 5.53. The Bertz CT molecular complexity index is 3320. The molecule has 12 rings (SSSR count). The van der Waals surface area contributed by atoms with Crippen molar-refractivity contribution in [3.8, 4) is 34.0 Å². The minimum atomic E-state index is -0.291. The molecule has 0 unspecified atom stereocenters. The number of hydrogen-bond acceptors (Lipinski definition) is 3. The minimum absolute atomic E-state index is 0.291. The number of rotatable bonds is 3. The third-order valence-electron chi connectivity index (χ3n) is 11.7. The standard InChI is InChI=1S/C49H32N4S/c1-49(2)37-22-12-21-36-45(37)53(46-34-19-6-10-27-42(34)54-47(36)46)41-26-13-20-35(43(41)49)44-33-18-3-7-23-38(33)50-48(51-44)29-14-11-15-30(28-29)52-39-24-8-4-16-31(39)32-17-5-9-25-40(32)52/h3-28H,1-2H3. The average molecular weight is 709 g/mol. The van der Waals surface area contributed by atoms with Crippen LogP contribution in [0.4, 0.5) is 0 Å². The molecule has 0 saturated heterocycles. The van der Waals surface area contributed by atoms with Crippen LogP contribution in [0.15, 0.2) is 158 Å². The van der Waals surface area contributed by atoms with E-state index in [-0.39, 0.29) is 5.41 Å². The highest BCUT2D eigenvalue weighted by Gasteiger charge is 2.38. The maximum atomic E-state index is 5.53. The maximum Gasteiger partial charge on any atom is 0.160 e. The minimum Gasteiger partial charge on any atom is -0.309 e. The molecule has 54 heavy (non-hydrogen) atoms. The van der Waals surface area contributed by atoms with Gasteiger partial charge in [-0.1, -0.05) is 129 Å². The van der Waals surface area contributed by atoms with E-state index in [0.717, 1.165) is 33.4 Å². The van der Waals surface area contributed by atoms with Crippen molar-refractivity contribution in [2.45, 2.75) is 19.3 Å². The van der Waals surface area contributed by atoms with Crippen LogP contribution < -0.4 is 0 Å². The van der Waals surface area contributed by atoms with E-state index < -0.39 is 0 Å². The molecular formula is C49H32N4S. The van der Waals surface area contributed by atoms with E-state index in [1.54, 1.807) is 0 Å². The van der Waals surface area contributed by atoms with Crippen molar-refractivity contribution >= 4 is 75.3 Å². The highest BCUT2D eigenvalue weighted by atomic mass is 32.1. The summed E-state index contributed by atoms with van der Waals surface area (Å²) in [6.45, 7) is 4.76. The number of para-hydroxylation sites is 4. The first-order valence-electron chi connectivity index (χ1n) is 18.5. The normalized spacial score (nSPS) is 13.5. The Morgan fingerprint density at radius 1 is 0.537 bits per heavy atom. The van der Waals surface area contributed by atoms with Gasteiger partial charge in [0.25, 0.3) is 0 Å². The van der Waals surface area contributed by atoms with Gasteiger partial charge in [-0.15, -0.1) is 11.3 Å². The van der Waals surface area contributed by atoms with Crippen LogP contribution in [-0.4, -0.2) is 19.1 Å². The van der Waals surface area contributed by atoms with Gasteiger partial charge in [-0.25, -0.2) is 9.97 Å². The summed E-state index contributed by atoms with van der Waals surface area (Å²) in [5.74, 6) is 0.715. The van der Waals surface area contributed by atoms with Gasteiger partial charge in [-0.05, 0) is 53.6 Å². The predicted molar refractivity (Wildman–Crippen MR) is 227 cm³/mol. The predicted octanol–water partition coefficient (Wildman–Crippen LogP) is 13.0. The Kier molecular flexibility index (Phi) is 5.96. The van der Waals surface area contributed by atoms with E-state index in [4.69, 9.17) is 9.97 Å². The molecule has 0 N–H and O–H groups in total. The number of nitrogens with zero attached hydrogens (tertiary/aromatic N) is 4. The van der Waals surface area contributed by atoms with Crippen LogP contribution in [0.5, 0.6) is 0 Å². The van der Waals surface area contributed by atoms with Gasteiger partial charge in [0.15, 0.2) is 5.82 Å². The first kappa shape index (κ1) is 30.0. The fourth-order valence-electron chi connectivity index (χ4n) is 9.37.